The lowest BCUT2D eigenvalue weighted by Gasteiger charge is -2.14. The lowest BCUT2D eigenvalue weighted by Crippen LogP contribution is -2.18. The minimum atomic E-state index is -0.656. The van der Waals surface area contributed by atoms with E-state index in [2.05, 4.69) is 4.84 Å². The summed E-state index contributed by atoms with van der Waals surface area (Å²) >= 11 is 1.34. The van der Waals surface area contributed by atoms with Gasteiger partial charge in [-0.15, -0.1) is 11.3 Å². The summed E-state index contributed by atoms with van der Waals surface area (Å²) in [5.74, 6) is -0.656. The van der Waals surface area contributed by atoms with Crippen LogP contribution in [0.25, 0.3) is 0 Å². The Hall–Kier alpha value is -1.56. The lowest BCUT2D eigenvalue weighted by atomic mass is 9.94. The van der Waals surface area contributed by atoms with Gasteiger partial charge >= 0.3 is 5.97 Å². The van der Waals surface area contributed by atoms with Crippen molar-refractivity contribution in [3.8, 4) is 0 Å². The first-order valence-electron chi connectivity index (χ1n) is 4.66. The van der Waals surface area contributed by atoms with Gasteiger partial charge in [-0.05, 0) is 11.5 Å². The van der Waals surface area contributed by atoms with Crippen molar-refractivity contribution >= 4 is 28.7 Å². The van der Waals surface area contributed by atoms with Gasteiger partial charge in [0.15, 0.2) is 0 Å². The summed E-state index contributed by atoms with van der Waals surface area (Å²) in [7, 11) is 0. The zero-order valence-corrected chi connectivity index (χ0v) is 10.2. The van der Waals surface area contributed by atoms with E-state index in [1.54, 1.807) is 6.07 Å². The highest BCUT2D eigenvalue weighted by Gasteiger charge is 2.22. The smallest absolute Gasteiger partial charge is 0.365 e. The second kappa shape index (κ2) is 4.52. The molecule has 1 aromatic rings. The van der Waals surface area contributed by atoms with Crippen LogP contribution in [0.15, 0.2) is 6.07 Å². The van der Waals surface area contributed by atoms with E-state index in [0.717, 1.165) is 4.88 Å². The molecule has 6 heteroatoms. The summed E-state index contributed by atoms with van der Waals surface area (Å²) in [6.07, 6.45) is 0.283. The maximum atomic E-state index is 11.4. The Balaban J connectivity index is 2.94. The summed E-state index contributed by atoms with van der Waals surface area (Å²) < 4.78 is 0. The van der Waals surface area contributed by atoms with Crippen LogP contribution in [-0.2, 0) is 15.0 Å². The fraction of sp³-hybridized carbons (Fsp3) is 0.400. The van der Waals surface area contributed by atoms with E-state index >= 15 is 0 Å². The second-order valence-electron chi connectivity index (χ2n) is 4.26. The number of hydroxylamine groups is 1. The van der Waals surface area contributed by atoms with E-state index in [1.807, 2.05) is 26.3 Å². The number of anilines is 1. The molecule has 0 fully saturated rings. The fourth-order valence-electron chi connectivity index (χ4n) is 1.07. The van der Waals surface area contributed by atoms with Crippen molar-refractivity contribution in [3.63, 3.8) is 0 Å². The molecule has 0 saturated heterocycles. The van der Waals surface area contributed by atoms with Gasteiger partial charge in [-0.2, -0.15) is 5.48 Å². The summed E-state index contributed by atoms with van der Waals surface area (Å²) in [5.41, 5.74) is 7.76. The average molecular weight is 242 g/mol. The molecule has 0 radical (unpaired) electrons. The van der Waals surface area contributed by atoms with E-state index in [9.17, 15) is 9.59 Å². The molecule has 1 heterocycles. The highest BCUT2D eigenvalue weighted by molar-refractivity contribution is 7.16. The minimum Gasteiger partial charge on any atom is -0.390 e. The Kier molecular flexibility index (Phi) is 3.54. The summed E-state index contributed by atoms with van der Waals surface area (Å²) in [4.78, 5) is 26.9. The summed E-state index contributed by atoms with van der Waals surface area (Å²) in [6, 6.07) is 1.69. The van der Waals surface area contributed by atoms with Crippen LogP contribution in [0.3, 0.4) is 0 Å². The maximum Gasteiger partial charge on any atom is 0.365 e. The monoisotopic (exact) mass is 242 g/mol. The SMILES string of the molecule is CC(C)(C)c1cc(C(=O)ONC=O)c(N)s1. The Bertz CT molecular complexity index is 407. The molecular formula is C10H14N2O3S. The van der Waals surface area contributed by atoms with Crippen molar-refractivity contribution in [3.05, 3.63) is 16.5 Å². The first-order valence-corrected chi connectivity index (χ1v) is 5.48. The first-order chi connectivity index (χ1) is 7.36. The molecule has 0 aromatic carbocycles. The molecule has 0 aliphatic heterocycles. The Morgan fingerprint density at radius 2 is 2.19 bits per heavy atom. The van der Waals surface area contributed by atoms with Crippen molar-refractivity contribution in [2.75, 3.05) is 5.73 Å². The number of nitrogen functional groups attached to an aromatic ring is 1. The highest BCUT2D eigenvalue weighted by atomic mass is 32.1. The molecule has 0 spiro atoms. The third-order valence-electron chi connectivity index (χ3n) is 1.92. The van der Waals surface area contributed by atoms with E-state index in [0.29, 0.717) is 5.00 Å². The molecule has 0 unspecified atom stereocenters. The van der Waals surface area contributed by atoms with E-state index < -0.39 is 5.97 Å². The van der Waals surface area contributed by atoms with Crippen LogP contribution >= 0.6 is 11.3 Å². The first kappa shape index (κ1) is 12.5. The Morgan fingerprint density at radius 1 is 1.56 bits per heavy atom. The van der Waals surface area contributed by atoms with Crippen LogP contribution in [0.1, 0.15) is 36.0 Å². The number of nitrogens with one attached hydrogen (secondary N) is 1. The predicted molar refractivity (Wildman–Crippen MR) is 62.0 cm³/mol. The molecule has 1 rings (SSSR count). The molecule has 16 heavy (non-hydrogen) atoms. The van der Waals surface area contributed by atoms with E-state index in [1.165, 1.54) is 11.3 Å². The third kappa shape index (κ3) is 2.73. The topological polar surface area (TPSA) is 81.4 Å². The molecule has 0 saturated carbocycles. The Morgan fingerprint density at radius 3 is 2.62 bits per heavy atom. The molecule has 0 atom stereocenters. The average Bonchev–Trinajstić information content (AvgIpc) is 2.56. The number of rotatable bonds is 3. The molecule has 5 nitrogen and oxygen atoms in total. The zero-order valence-electron chi connectivity index (χ0n) is 9.37. The molecule has 1 aromatic heterocycles. The number of nitrogens with two attached hydrogens (primary N) is 1. The van der Waals surface area contributed by atoms with Crippen LogP contribution < -0.4 is 11.2 Å². The van der Waals surface area contributed by atoms with Crippen LogP contribution in [0.5, 0.6) is 0 Å². The minimum absolute atomic E-state index is 0.0740. The van der Waals surface area contributed by atoms with Gasteiger partial charge in [0.05, 0.1) is 5.56 Å². The number of thiophene rings is 1. The normalized spacial score (nSPS) is 10.9. The summed E-state index contributed by atoms with van der Waals surface area (Å²) in [6.45, 7) is 6.07. The second-order valence-corrected chi connectivity index (χ2v) is 5.35. The molecule has 0 aliphatic carbocycles. The standard InChI is InChI=1S/C10H14N2O3S/c1-10(2,3)7-4-6(8(11)16-7)9(14)15-12-5-13/h4-5H,11H2,1-3H3,(H,12,13). The largest absolute Gasteiger partial charge is 0.390 e. The maximum absolute atomic E-state index is 11.4. The van der Waals surface area contributed by atoms with Gasteiger partial charge in [-0.25, -0.2) is 4.79 Å². The third-order valence-corrected chi connectivity index (χ3v) is 3.31. The van der Waals surface area contributed by atoms with Gasteiger partial charge in [-0.3, -0.25) is 4.79 Å². The molecule has 0 aliphatic rings. The molecule has 3 N–H and O–H groups in total. The van der Waals surface area contributed by atoms with Crippen molar-refractivity contribution in [1.29, 1.82) is 0 Å². The van der Waals surface area contributed by atoms with E-state index in [-0.39, 0.29) is 17.4 Å². The van der Waals surface area contributed by atoms with Crippen molar-refractivity contribution < 1.29 is 14.4 Å². The zero-order chi connectivity index (χ0) is 12.3. The fourth-order valence-corrected chi connectivity index (χ4v) is 2.04. The van der Waals surface area contributed by atoms with Crippen molar-refractivity contribution in [2.45, 2.75) is 26.2 Å². The van der Waals surface area contributed by atoms with Gasteiger partial charge < -0.3 is 10.6 Å². The van der Waals surface area contributed by atoms with Gasteiger partial charge in [0, 0.05) is 4.88 Å². The highest BCUT2D eigenvalue weighted by Crippen LogP contribution is 2.34. The number of carbonyl (C=O) groups excluding carboxylic acids is 2. The van der Waals surface area contributed by atoms with Crippen LogP contribution in [0.2, 0.25) is 0 Å². The van der Waals surface area contributed by atoms with Gasteiger partial charge in [0.2, 0.25) is 6.41 Å². The van der Waals surface area contributed by atoms with Crippen LogP contribution in [-0.4, -0.2) is 12.4 Å². The molecule has 1 amide bonds. The van der Waals surface area contributed by atoms with Gasteiger partial charge in [0.25, 0.3) is 0 Å². The van der Waals surface area contributed by atoms with Crippen LogP contribution in [0, 0.1) is 0 Å². The lowest BCUT2D eigenvalue weighted by molar-refractivity contribution is -0.117. The van der Waals surface area contributed by atoms with Crippen molar-refractivity contribution in [1.82, 2.24) is 5.48 Å². The number of hydrogen-bond donors (Lipinski definition) is 2. The molecule has 0 bridgehead atoms. The van der Waals surface area contributed by atoms with Crippen LogP contribution in [0.4, 0.5) is 5.00 Å². The number of hydrogen-bond acceptors (Lipinski definition) is 5. The molecular weight excluding hydrogens is 228 g/mol. The number of amides is 1. The predicted octanol–water partition coefficient (Wildman–Crippen LogP) is 1.45. The van der Waals surface area contributed by atoms with Gasteiger partial charge in [0.1, 0.15) is 5.00 Å². The van der Waals surface area contributed by atoms with Gasteiger partial charge in [-0.1, -0.05) is 20.8 Å². The molecule has 88 valence electrons. The Labute approximate surface area is 97.5 Å². The van der Waals surface area contributed by atoms with E-state index in [4.69, 9.17) is 5.73 Å². The quantitative estimate of drug-likeness (QED) is 0.621. The van der Waals surface area contributed by atoms with Crippen molar-refractivity contribution in [2.24, 2.45) is 0 Å². The summed E-state index contributed by atoms with van der Waals surface area (Å²) in [5, 5.41) is 0.391. The number of carbonyl (C=O) groups is 2.